The van der Waals surface area contributed by atoms with E-state index in [2.05, 4.69) is 9.82 Å². The average molecular weight is 334 g/mol. The summed E-state index contributed by atoms with van der Waals surface area (Å²) in [4.78, 5) is -0.602. The van der Waals surface area contributed by atoms with E-state index in [9.17, 15) is 12.8 Å². The summed E-state index contributed by atoms with van der Waals surface area (Å²) in [6.45, 7) is -0.723. The molecule has 0 radical (unpaired) electrons. The minimum absolute atomic E-state index is 0.0265. The molecule has 0 aliphatic heterocycles. The third kappa shape index (κ3) is 3.59. The van der Waals surface area contributed by atoms with Gasteiger partial charge in [0.25, 0.3) is 0 Å². The summed E-state index contributed by atoms with van der Waals surface area (Å²) in [7, 11) is -2.41. The fourth-order valence-corrected chi connectivity index (χ4v) is 3.18. The Balaban J connectivity index is 2.29. The lowest BCUT2D eigenvalue weighted by molar-refractivity contribution is 0.274. The van der Waals surface area contributed by atoms with E-state index >= 15 is 0 Å². The fourth-order valence-electron chi connectivity index (χ4n) is 1.73. The van der Waals surface area contributed by atoms with Gasteiger partial charge in [-0.15, -0.1) is 0 Å². The van der Waals surface area contributed by atoms with Crippen molar-refractivity contribution in [1.29, 1.82) is 0 Å². The first-order valence-corrected chi connectivity index (χ1v) is 7.76. The molecule has 0 amide bonds. The van der Waals surface area contributed by atoms with Crippen molar-refractivity contribution < 1.29 is 17.9 Å². The molecule has 9 heteroatoms. The van der Waals surface area contributed by atoms with Gasteiger partial charge < -0.3 is 5.11 Å². The van der Waals surface area contributed by atoms with E-state index in [-0.39, 0.29) is 17.1 Å². The number of rotatable bonds is 5. The van der Waals surface area contributed by atoms with Crippen molar-refractivity contribution in [3.05, 3.63) is 46.5 Å². The quantitative estimate of drug-likeness (QED) is 0.860. The first-order valence-electron chi connectivity index (χ1n) is 5.90. The molecule has 21 heavy (non-hydrogen) atoms. The van der Waals surface area contributed by atoms with Crippen LogP contribution in [0.5, 0.6) is 0 Å². The van der Waals surface area contributed by atoms with Crippen LogP contribution in [0.2, 0.25) is 5.02 Å². The van der Waals surface area contributed by atoms with Gasteiger partial charge in [-0.25, -0.2) is 17.5 Å². The van der Waals surface area contributed by atoms with E-state index < -0.39 is 27.3 Å². The molecule has 0 bridgehead atoms. The Hall–Kier alpha value is -1.48. The van der Waals surface area contributed by atoms with Gasteiger partial charge in [-0.3, -0.25) is 4.68 Å². The molecule has 2 aromatic rings. The first-order chi connectivity index (χ1) is 9.83. The Kier molecular flexibility index (Phi) is 4.62. The first kappa shape index (κ1) is 15.9. The molecule has 0 atom stereocenters. The topological polar surface area (TPSA) is 84.2 Å². The number of aliphatic hydroxyl groups is 1. The molecule has 0 fully saturated rings. The van der Waals surface area contributed by atoms with Crippen LogP contribution in [-0.4, -0.2) is 23.3 Å². The summed E-state index contributed by atoms with van der Waals surface area (Å²) in [5.74, 6) is -1.02. The van der Waals surface area contributed by atoms with Crippen molar-refractivity contribution in [2.24, 2.45) is 7.05 Å². The molecule has 114 valence electrons. The van der Waals surface area contributed by atoms with Crippen LogP contribution in [0.15, 0.2) is 29.3 Å². The van der Waals surface area contributed by atoms with Crippen molar-refractivity contribution in [3.63, 3.8) is 0 Å². The third-order valence-corrected chi connectivity index (χ3v) is 4.37. The third-order valence-electron chi connectivity index (χ3n) is 2.75. The number of nitrogens with zero attached hydrogens (tertiary/aromatic N) is 2. The number of aliphatic hydroxyl groups excluding tert-OH is 1. The standard InChI is InChI=1S/C12H13ClFN3O3S/c1-17-3-2-10(16-17)6-15-21(19,20)11-5-9(13)4-8(7-18)12(11)14/h2-5,15,18H,6-7H2,1H3. The molecule has 0 spiro atoms. The largest absolute Gasteiger partial charge is 0.392 e. The second-order valence-corrected chi connectivity index (χ2v) is 6.51. The maximum atomic E-state index is 14.0. The number of halogens is 2. The van der Waals surface area contributed by atoms with Crippen molar-refractivity contribution in [3.8, 4) is 0 Å². The minimum Gasteiger partial charge on any atom is -0.392 e. The maximum absolute atomic E-state index is 14.0. The molecule has 1 aromatic carbocycles. The molecule has 6 nitrogen and oxygen atoms in total. The van der Waals surface area contributed by atoms with Crippen molar-refractivity contribution in [2.45, 2.75) is 18.0 Å². The van der Waals surface area contributed by atoms with Gasteiger partial charge in [0.1, 0.15) is 10.7 Å². The number of aryl methyl sites for hydroxylation is 1. The molecule has 0 aliphatic carbocycles. The molecule has 0 unspecified atom stereocenters. The van der Waals surface area contributed by atoms with Crippen molar-refractivity contribution in [2.75, 3.05) is 0 Å². The monoisotopic (exact) mass is 333 g/mol. The highest BCUT2D eigenvalue weighted by Crippen LogP contribution is 2.23. The smallest absolute Gasteiger partial charge is 0.243 e. The number of hydrogen-bond acceptors (Lipinski definition) is 4. The van der Waals surface area contributed by atoms with Crippen molar-refractivity contribution in [1.82, 2.24) is 14.5 Å². The Morgan fingerprint density at radius 2 is 2.19 bits per heavy atom. The Morgan fingerprint density at radius 3 is 2.76 bits per heavy atom. The van der Waals surface area contributed by atoms with E-state index in [0.29, 0.717) is 5.69 Å². The number of sulfonamides is 1. The highest BCUT2D eigenvalue weighted by molar-refractivity contribution is 7.89. The lowest BCUT2D eigenvalue weighted by Crippen LogP contribution is -2.25. The summed E-state index contributed by atoms with van der Waals surface area (Å²) >= 11 is 5.74. The second-order valence-electron chi connectivity index (χ2n) is 4.34. The van der Waals surface area contributed by atoms with Crippen LogP contribution < -0.4 is 4.72 Å². The summed E-state index contributed by atoms with van der Waals surface area (Å²) < 4.78 is 42.0. The van der Waals surface area contributed by atoms with Crippen LogP contribution in [0, 0.1) is 5.82 Å². The van der Waals surface area contributed by atoms with Crippen LogP contribution in [0.25, 0.3) is 0 Å². The molecular formula is C12H13ClFN3O3S. The molecule has 0 saturated carbocycles. The number of aromatic nitrogens is 2. The summed E-state index contributed by atoms with van der Waals surface area (Å²) in [6.07, 6.45) is 1.66. The van der Waals surface area contributed by atoms with Gasteiger partial charge >= 0.3 is 0 Å². The zero-order chi connectivity index (χ0) is 15.6. The number of nitrogens with one attached hydrogen (secondary N) is 1. The van der Waals surface area contributed by atoms with Gasteiger partial charge in [0.2, 0.25) is 10.0 Å². The van der Waals surface area contributed by atoms with Gasteiger partial charge in [0.05, 0.1) is 18.8 Å². The lowest BCUT2D eigenvalue weighted by Gasteiger charge is -2.09. The summed E-state index contributed by atoms with van der Waals surface area (Å²) in [6, 6.07) is 3.81. The average Bonchev–Trinajstić information content (AvgIpc) is 2.84. The van der Waals surface area contributed by atoms with Gasteiger partial charge in [-0.2, -0.15) is 5.10 Å². The van der Waals surface area contributed by atoms with E-state index in [1.807, 2.05) is 0 Å². The van der Waals surface area contributed by atoms with Gasteiger partial charge in [-0.05, 0) is 18.2 Å². The fraction of sp³-hybridized carbons (Fsp3) is 0.250. The van der Waals surface area contributed by atoms with E-state index in [1.165, 1.54) is 10.7 Å². The zero-order valence-corrected chi connectivity index (χ0v) is 12.6. The van der Waals surface area contributed by atoms with E-state index in [4.69, 9.17) is 16.7 Å². The lowest BCUT2D eigenvalue weighted by atomic mass is 10.2. The second kappa shape index (κ2) is 6.10. The number of benzene rings is 1. The molecule has 2 rings (SSSR count). The van der Waals surface area contributed by atoms with E-state index in [1.54, 1.807) is 19.3 Å². The Bertz CT molecular complexity index is 761. The zero-order valence-electron chi connectivity index (χ0n) is 11.0. The van der Waals surface area contributed by atoms with Crippen LogP contribution in [-0.2, 0) is 30.2 Å². The van der Waals surface area contributed by atoms with Crippen LogP contribution >= 0.6 is 11.6 Å². The summed E-state index contributed by atoms with van der Waals surface area (Å²) in [5.41, 5.74) is 0.312. The van der Waals surface area contributed by atoms with Crippen LogP contribution in [0.4, 0.5) is 4.39 Å². The molecule has 0 saturated heterocycles. The molecular weight excluding hydrogens is 321 g/mol. The van der Waals surface area contributed by atoms with E-state index in [0.717, 1.165) is 6.07 Å². The molecule has 0 aliphatic rings. The van der Waals surface area contributed by atoms with Crippen LogP contribution in [0.3, 0.4) is 0 Å². The predicted molar refractivity (Wildman–Crippen MR) is 74.6 cm³/mol. The number of hydrogen-bond donors (Lipinski definition) is 2. The van der Waals surface area contributed by atoms with Gasteiger partial charge in [0.15, 0.2) is 0 Å². The predicted octanol–water partition coefficient (Wildman–Crippen LogP) is 1.18. The minimum atomic E-state index is -4.10. The molecule has 2 N–H and O–H groups in total. The molecule has 1 heterocycles. The highest BCUT2D eigenvalue weighted by atomic mass is 35.5. The summed E-state index contributed by atoms with van der Waals surface area (Å²) in [5, 5.41) is 13.1. The Labute approximate surface area is 126 Å². The van der Waals surface area contributed by atoms with Gasteiger partial charge in [0, 0.05) is 23.8 Å². The highest BCUT2D eigenvalue weighted by Gasteiger charge is 2.22. The maximum Gasteiger partial charge on any atom is 0.243 e. The SMILES string of the molecule is Cn1ccc(CNS(=O)(=O)c2cc(Cl)cc(CO)c2F)n1. The van der Waals surface area contributed by atoms with Gasteiger partial charge in [-0.1, -0.05) is 11.6 Å². The normalized spacial score (nSPS) is 11.8. The van der Waals surface area contributed by atoms with Crippen molar-refractivity contribution >= 4 is 21.6 Å². The molecule has 1 aromatic heterocycles. The van der Waals surface area contributed by atoms with Crippen LogP contribution in [0.1, 0.15) is 11.3 Å². The Morgan fingerprint density at radius 1 is 1.48 bits per heavy atom.